The van der Waals surface area contributed by atoms with Gasteiger partial charge in [-0.25, -0.2) is 4.68 Å². The van der Waals surface area contributed by atoms with Crippen LogP contribution >= 0.6 is 0 Å². The highest BCUT2D eigenvalue weighted by molar-refractivity contribution is 5.38. The molecule has 0 bridgehead atoms. The molecule has 3 heteroatoms. The molecule has 0 amide bonds. The molecule has 1 aliphatic heterocycles. The topological polar surface area (TPSA) is 21.1 Å². The second kappa shape index (κ2) is 7.92. The summed E-state index contributed by atoms with van der Waals surface area (Å²) in [4.78, 5) is 2.70. The van der Waals surface area contributed by atoms with E-state index in [1.165, 1.54) is 67.8 Å². The SMILES string of the molecule is c1ccc(C2CCCN(CCC3CCc4c3cnn4-c3ccccc3)C2)cc1. The number of hydrogen-bond donors (Lipinski definition) is 0. The average molecular weight is 372 g/mol. The third-order valence-corrected chi connectivity index (χ3v) is 6.64. The van der Waals surface area contributed by atoms with Crippen LogP contribution in [0.4, 0.5) is 0 Å². The van der Waals surface area contributed by atoms with Crippen LogP contribution in [0.5, 0.6) is 0 Å². The maximum atomic E-state index is 4.71. The summed E-state index contributed by atoms with van der Waals surface area (Å²) in [5.41, 5.74) is 5.61. The third kappa shape index (κ3) is 3.51. The van der Waals surface area contributed by atoms with E-state index in [-0.39, 0.29) is 0 Å². The molecule has 0 saturated carbocycles. The molecule has 2 unspecified atom stereocenters. The van der Waals surface area contributed by atoms with Gasteiger partial charge in [0.25, 0.3) is 0 Å². The highest BCUT2D eigenvalue weighted by Gasteiger charge is 2.28. The molecular weight excluding hydrogens is 342 g/mol. The van der Waals surface area contributed by atoms with Crippen molar-refractivity contribution in [1.29, 1.82) is 0 Å². The second-order valence-electron chi connectivity index (χ2n) is 8.37. The van der Waals surface area contributed by atoms with Crippen molar-refractivity contribution in [2.75, 3.05) is 19.6 Å². The Morgan fingerprint density at radius 2 is 1.71 bits per heavy atom. The summed E-state index contributed by atoms with van der Waals surface area (Å²) in [7, 11) is 0. The van der Waals surface area contributed by atoms with Gasteiger partial charge in [0.1, 0.15) is 0 Å². The Morgan fingerprint density at radius 1 is 0.929 bits per heavy atom. The van der Waals surface area contributed by atoms with Crippen LogP contribution in [-0.4, -0.2) is 34.3 Å². The number of fused-ring (bicyclic) bond motifs is 1. The number of nitrogens with zero attached hydrogens (tertiary/aromatic N) is 3. The van der Waals surface area contributed by atoms with Crippen molar-refractivity contribution in [1.82, 2.24) is 14.7 Å². The molecule has 144 valence electrons. The van der Waals surface area contributed by atoms with Crippen molar-refractivity contribution in [3.8, 4) is 5.69 Å². The fourth-order valence-corrected chi connectivity index (χ4v) is 5.13. The minimum atomic E-state index is 0.671. The lowest BCUT2D eigenvalue weighted by Gasteiger charge is -2.33. The van der Waals surface area contributed by atoms with Crippen LogP contribution in [0.3, 0.4) is 0 Å². The van der Waals surface area contributed by atoms with Gasteiger partial charge in [-0.2, -0.15) is 5.10 Å². The Labute approximate surface area is 168 Å². The first-order chi connectivity index (χ1) is 13.9. The van der Waals surface area contributed by atoms with Crippen molar-refractivity contribution in [3.05, 3.63) is 83.7 Å². The van der Waals surface area contributed by atoms with Gasteiger partial charge in [0.2, 0.25) is 0 Å². The third-order valence-electron chi connectivity index (χ3n) is 6.64. The molecule has 28 heavy (non-hydrogen) atoms. The van der Waals surface area contributed by atoms with Crippen LogP contribution in [0, 0.1) is 0 Å². The average Bonchev–Trinajstić information content (AvgIpc) is 3.36. The number of para-hydroxylation sites is 1. The number of piperidine rings is 1. The molecule has 2 heterocycles. The van der Waals surface area contributed by atoms with E-state index >= 15 is 0 Å². The summed E-state index contributed by atoms with van der Waals surface area (Å²) in [5, 5.41) is 4.71. The molecule has 2 aliphatic rings. The zero-order valence-electron chi connectivity index (χ0n) is 16.5. The van der Waals surface area contributed by atoms with Crippen molar-refractivity contribution >= 4 is 0 Å². The number of benzene rings is 2. The zero-order valence-corrected chi connectivity index (χ0v) is 16.5. The predicted molar refractivity (Wildman–Crippen MR) is 114 cm³/mol. The van der Waals surface area contributed by atoms with E-state index in [0.717, 1.165) is 6.42 Å². The molecule has 3 aromatic rings. The van der Waals surface area contributed by atoms with Gasteiger partial charge in [-0.05, 0) is 80.3 Å². The quantitative estimate of drug-likeness (QED) is 0.617. The highest BCUT2D eigenvalue weighted by atomic mass is 15.3. The molecule has 5 rings (SSSR count). The summed E-state index contributed by atoms with van der Waals surface area (Å²) in [5.74, 6) is 1.37. The summed E-state index contributed by atoms with van der Waals surface area (Å²) in [6.45, 7) is 3.68. The van der Waals surface area contributed by atoms with Gasteiger partial charge in [-0.1, -0.05) is 48.5 Å². The Kier molecular flexibility index (Phi) is 5.01. The maximum absolute atomic E-state index is 4.71. The van der Waals surface area contributed by atoms with E-state index in [1.807, 2.05) is 0 Å². The summed E-state index contributed by atoms with van der Waals surface area (Å²) in [6, 6.07) is 21.6. The van der Waals surface area contributed by atoms with E-state index < -0.39 is 0 Å². The maximum Gasteiger partial charge on any atom is 0.0648 e. The summed E-state index contributed by atoms with van der Waals surface area (Å²) >= 11 is 0. The second-order valence-corrected chi connectivity index (χ2v) is 8.37. The van der Waals surface area contributed by atoms with E-state index in [9.17, 15) is 0 Å². The molecule has 1 aliphatic carbocycles. The first kappa shape index (κ1) is 17.7. The van der Waals surface area contributed by atoms with Gasteiger partial charge in [-0.15, -0.1) is 0 Å². The van der Waals surface area contributed by atoms with E-state index in [4.69, 9.17) is 5.10 Å². The molecule has 1 saturated heterocycles. The van der Waals surface area contributed by atoms with Crippen LogP contribution in [0.1, 0.15) is 54.3 Å². The Morgan fingerprint density at radius 3 is 2.54 bits per heavy atom. The molecule has 0 spiro atoms. The normalized spacial score (nSPS) is 22.3. The minimum absolute atomic E-state index is 0.671. The smallest absolute Gasteiger partial charge is 0.0648 e. The van der Waals surface area contributed by atoms with Crippen LogP contribution in [0.2, 0.25) is 0 Å². The molecule has 2 atom stereocenters. The monoisotopic (exact) mass is 371 g/mol. The Balaban J connectivity index is 1.23. The Hall–Kier alpha value is -2.39. The molecule has 0 N–H and O–H groups in total. The van der Waals surface area contributed by atoms with Gasteiger partial charge in [0, 0.05) is 12.2 Å². The highest BCUT2D eigenvalue weighted by Crippen LogP contribution is 2.37. The molecular formula is C25H29N3. The van der Waals surface area contributed by atoms with Gasteiger partial charge in [0.15, 0.2) is 0 Å². The first-order valence-electron chi connectivity index (χ1n) is 10.8. The molecule has 3 nitrogen and oxygen atoms in total. The van der Waals surface area contributed by atoms with E-state index in [0.29, 0.717) is 11.8 Å². The van der Waals surface area contributed by atoms with Gasteiger partial charge in [-0.3, -0.25) is 0 Å². The van der Waals surface area contributed by atoms with Crippen LogP contribution in [-0.2, 0) is 6.42 Å². The molecule has 0 radical (unpaired) electrons. The van der Waals surface area contributed by atoms with Gasteiger partial charge < -0.3 is 4.90 Å². The molecule has 1 aromatic heterocycles. The van der Waals surface area contributed by atoms with Crippen LogP contribution in [0.15, 0.2) is 66.9 Å². The first-order valence-corrected chi connectivity index (χ1v) is 10.8. The lowest BCUT2D eigenvalue weighted by atomic mass is 9.90. The van der Waals surface area contributed by atoms with Gasteiger partial charge >= 0.3 is 0 Å². The minimum Gasteiger partial charge on any atom is -0.303 e. The van der Waals surface area contributed by atoms with Crippen molar-refractivity contribution in [2.45, 2.75) is 43.9 Å². The number of aromatic nitrogens is 2. The van der Waals surface area contributed by atoms with Gasteiger partial charge in [0.05, 0.1) is 11.9 Å². The zero-order chi connectivity index (χ0) is 18.8. The number of hydrogen-bond acceptors (Lipinski definition) is 2. The lowest BCUT2D eigenvalue weighted by molar-refractivity contribution is 0.201. The fourth-order valence-electron chi connectivity index (χ4n) is 5.13. The van der Waals surface area contributed by atoms with E-state index in [2.05, 4.69) is 76.4 Å². The van der Waals surface area contributed by atoms with Crippen molar-refractivity contribution < 1.29 is 0 Å². The van der Waals surface area contributed by atoms with Crippen LogP contribution < -0.4 is 0 Å². The largest absolute Gasteiger partial charge is 0.303 e. The standard InChI is InChI=1S/C25H29N3/c1-3-8-20(9-4-1)22-10-7-16-27(19-22)17-15-21-13-14-25-24(21)18-26-28(25)23-11-5-2-6-12-23/h1-6,8-9,11-12,18,21-22H,7,10,13-17,19H2. The predicted octanol–water partition coefficient (Wildman–Crippen LogP) is 5.17. The van der Waals surface area contributed by atoms with Crippen LogP contribution in [0.25, 0.3) is 5.69 Å². The Bertz CT molecular complexity index is 900. The summed E-state index contributed by atoms with van der Waals surface area (Å²) < 4.78 is 2.15. The summed E-state index contributed by atoms with van der Waals surface area (Å²) in [6.07, 6.45) is 8.47. The molecule has 1 fully saturated rings. The van der Waals surface area contributed by atoms with Crippen molar-refractivity contribution in [2.24, 2.45) is 0 Å². The van der Waals surface area contributed by atoms with E-state index in [1.54, 1.807) is 0 Å². The number of rotatable bonds is 5. The fraction of sp³-hybridized carbons (Fsp3) is 0.400. The lowest BCUT2D eigenvalue weighted by Crippen LogP contribution is -2.35. The molecule has 2 aromatic carbocycles. The number of likely N-dealkylation sites (tertiary alicyclic amines) is 1. The van der Waals surface area contributed by atoms with Crippen molar-refractivity contribution in [3.63, 3.8) is 0 Å².